The van der Waals surface area contributed by atoms with Crippen molar-refractivity contribution in [3.8, 4) is 11.1 Å². The SMILES string of the molecule is CN=C(C(=O)OC)c1ccc(-c2ccc(C(=O)N(C)C)cc2)cc1N. The first-order valence-electron chi connectivity index (χ1n) is 7.66. The maximum atomic E-state index is 11.9. The topological polar surface area (TPSA) is 85.0 Å². The second kappa shape index (κ2) is 7.61. The van der Waals surface area contributed by atoms with E-state index in [4.69, 9.17) is 10.5 Å². The first kappa shape index (κ1) is 18.2. The lowest BCUT2D eigenvalue weighted by Crippen LogP contribution is -2.21. The van der Waals surface area contributed by atoms with Crippen LogP contribution in [0.4, 0.5) is 5.69 Å². The smallest absolute Gasteiger partial charge is 0.356 e. The number of nitrogen functional groups attached to an aromatic ring is 1. The summed E-state index contributed by atoms with van der Waals surface area (Å²) >= 11 is 0. The lowest BCUT2D eigenvalue weighted by atomic mass is 9.99. The summed E-state index contributed by atoms with van der Waals surface area (Å²) in [7, 11) is 6.24. The Morgan fingerprint density at radius 2 is 1.64 bits per heavy atom. The number of ether oxygens (including phenoxy) is 1. The lowest BCUT2D eigenvalue weighted by molar-refractivity contribution is -0.132. The quantitative estimate of drug-likeness (QED) is 0.526. The fourth-order valence-corrected chi connectivity index (χ4v) is 2.44. The average Bonchev–Trinajstić information content (AvgIpc) is 2.62. The van der Waals surface area contributed by atoms with Gasteiger partial charge in [-0.05, 0) is 35.4 Å². The van der Waals surface area contributed by atoms with Crippen LogP contribution in [-0.2, 0) is 9.53 Å². The van der Waals surface area contributed by atoms with Gasteiger partial charge in [0.1, 0.15) is 0 Å². The van der Waals surface area contributed by atoms with Crippen LogP contribution in [0.5, 0.6) is 0 Å². The van der Waals surface area contributed by atoms with Gasteiger partial charge in [-0.1, -0.05) is 18.2 Å². The minimum Gasteiger partial charge on any atom is -0.464 e. The van der Waals surface area contributed by atoms with Gasteiger partial charge in [0, 0.05) is 38.0 Å². The summed E-state index contributed by atoms with van der Waals surface area (Å²) < 4.78 is 4.72. The van der Waals surface area contributed by atoms with Crippen LogP contribution in [0, 0.1) is 0 Å². The number of esters is 1. The molecule has 0 fully saturated rings. The van der Waals surface area contributed by atoms with Crippen molar-refractivity contribution in [3.63, 3.8) is 0 Å². The van der Waals surface area contributed by atoms with Gasteiger partial charge in [-0.15, -0.1) is 0 Å². The Kier molecular flexibility index (Phi) is 5.54. The minimum atomic E-state index is -0.534. The number of carbonyl (C=O) groups is 2. The normalized spacial score (nSPS) is 11.1. The van der Waals surface area contributed by atoms with Crippen molar-refractivity contribution in [2.24, 2.45) is 4.99 Å². The predicted molar refractivity (Wildman–Crippen MR) is 98.8 cm³/mol. The monoisotopic (exact) mass is 339 g/mol. The Balaban J connectivity index is 2.35. The molecule has 6 heteroatoms. The summed E-state index contributed by atoms with van der Waals surface area (Å²) in [5, 5.41) is 0. The van der Waals surface area contributed by atoms with Crippen LogP contribution in [0.25, 0.3) is 11.1 Å². The molecule has 0 saturated carbocycles. The zero-order chi connectivity index (χ0) is 18.6. The Morgan fingerprint density at radius 3 is 2.12 bits per heavy atom. The van der Waals surface area contributed by atoms with Crippen molar-refractivity contribution in [1.82, 2.24) is 4.90 Å². The fraction of sp³-hybridized carbons (Fsp3) is 0.211. The third-order valence-corrected chi connectivity index (χ3v) is 3.78. The standard InChI is InChI=1S/C19H21N3O3/c1-21-17(19(24)25-4)15-10-9-14(11-16(15)20)12-5-7-13(8-6-12)18(23)22(2)3/h5-11H,20H2,1-4H3. The van der Waals surface area contributed by atoms with E-state index < -0.39 is 5.97 Å². The Hall–Kier alpha value is -3.15. The highest BCUT2D eigenvalue weighted by molar-refractivity contribution is 6.44. The van der Waals surface area contributed by atoms with Crippen LogP contribution in [0.1, 0.15) is 15.9 Å². The van der Waals surface area contributed by atoms with Crippen molar-refractivity contribution < 1.29 is 14.3 Å². The molecule has 2 rings (SSSR count). The molecule has 2 aromatic rings. The number of methoxy groups -OCH3 is 1. The highest BCUT2D eigenvalue weighted by Crippen LogP contribution is 2.25. The van der Waals surface area contributed by atoms with Gasteiger partial charge >= 0.3 is 5.97 Å². The van der Waals surface area contributed by atoms with Crippen molar-refractivity contribution in [2.45, 2.75) is 0 Å². The van der Waals surface area contributed by atoms with Gasteiger partial charge in [-0.3, -0.25) is 9.79 Å². The van der Waals surface area contributed by atoms with E-state index in [9.17, 15) is 9.59 Å². The van der Waals surface area contributed by atoms with Crippen LogP contribution < -0.4 is 5.73 Å². The van der Waals surface area contributed by atoms with E-state index in [1.807, 2.05) is 18.2 Å². The number of nitrogens with zero attached hydrogens (tertiary/aromatic N) is 2. The number of benzene rings is 2. The van der Waals surface area contributed by atoms with Gasteiger partial charge in [0.05, 0.1) is 7.11 Å². The van der Waals surface area contributed by atoms with Crippen LogP contribution in [-0.4, -0.2) is 50.7 Å². The predicted octanol–water partition coefficient (Wildman–Crippen LogP) is 2.23. The molecule has 0 aromatic heterocycles. The van der Waals surface area contributed by atoms with Gasteiger partial charge < -0.3 is 15.4 Å². The number of hydrogen-bond donors (Lipinski definition) is 1. The molecular formula is C19H21N3O3. The highest BCUT2D eigenvalue weighted by atomic mass is 16.5. The molecule has 0 bridgehead atoms. The van der Waals surface area contributed by atoms with E-state index >= 15 is 0 Å². The largest absolute Gasteiger partial charge is 0.464 e. The number of aliphatic imine (C=N–C) groups is 1. The van der Waals surface area contributed by atoms with Gasteiger partial charge in [0.2, 0.25) is 0 Å². The molecular weight excluding hydrogens is 318 g/mol. The molecule has 0 aliphatic rings. The molecule has 1 amide bonds. The van der Waals surface area contributed by atoms with Gasteiger partial charge in [-0.25, -0.2) is 4.79 Å². The van der Waals surface area contributed by atoms with Crippen molar-refractivity contribution in [3.05, 3.63) is 53.6 Å². The number of hydrogen-bond acceptors (Lipinski definition) is 5. The van der Waals surface area contributed by atoms with Crippen molar-refractivity contribution in [2.75, 3.05) is 34.0 Å². The molecule has 0 aliphatic carbocycles. The van der Waals surface area contributed by atoms with Crippen LogP contribution >= 0.6 is 0 Å². The number of amides is 1. The first-order valence-corrected chi connectivity index (χ1v) is 7.66. The molecule has 0 heterocycles. The Labute approximate surface area is 146 Å². The molecule has 0 aliphatic heterocycles. The molecule has 2 N–H and O–H groups in total. The average molecular weight is 339 g/mol. The summed E-state index contributed by atoms with van der Waals surface area (Å²) in [6, 6.07) is 12.6. The number of carbonyl (C=O) groups excluding carboxylic acids is 2. The van der Waals surface area contributed by atoms with Crippen molar-refractivity contribution in [1.29, 1.82) is 0 Å². The third-order valence-electron chi connectivity index (χ3n) is 3.78. The molecule has 2 aromatic carbocycles. The summed E-state index contributed by atoms with van der Waals surface area (Å²) in [5.74, 6) is -0.586. The molecule has 0 radical (unpaired) electrons. The maximum Gasteiger partial charge on any atom is 0.356 e. The van der Waals surface area contributed by atoms with Crippen molar-refractivity contribution >= 4 is 23.3 Å². The van der Waals surface area contributed by atoms with Gasteiger partial charge in [0.25, 0.3) is 5.91 Å². The van der Waals surface area contributed by atoms with E-state index in [1.54, 1.807) is 38.4 Å². The van der Waals surface area contributed by atoms with E-state index in [-0.39, 0.29) is 11.6 Å². The number of anilines is 1. The van der Waals surface area contributed by atoms with E-state index in [1.165, 1.54) is 19.1 Å². The maximum absolute atomic E-state index is 11.9. The van der Waals surface area contributed by atoms with E-state index in [2.05, 4.69) is 4.99 Å². The molecule has 0 atom stereocenters. The van der Waals surface area contributed by atoms with E-state index in [0.717, 1.165) is 11.1 Å². The van der Waals surface area contributed by atoms with Gasteiger partial charge in [-0.2, -0.15) is 0 Å². The van der Waals surface area contributed by atoms with E-state index in [0.29, 0.717) is 16.8 Å². The molecule has 130 valence electrons. The summed E-state index contributed by atoms with van der Waals surface area (Å²) in [5.41, 5.74) is 9.64. The second-order valence-corrected chi connectivity index (χ2v) is 5.64. The molecule has 0 spiro atoms. The van der Waals surface area contributed by atoms with Crippen LogP contribution in [0.2, 0.25) is 0 Å². The zero-order valence-corrected chi connectivity index (χ0v) is 14.7. The number of nitrogens with two attached hydrogens (primary N) is 1. The highest BCUT2D eigenvalue weighted by Gasteiger charge is 2.17. The molecule has 0 saturated heterocycles. The summed E-state index contributed by atoms with van der Waals surface area (Å²) in [4.78, 5) is 29.2. The third kappa shape index (κ3) is 3.85. The molecule has 0 unspecified atom stereocenters. The Morgan fingerprint density at radius 1 is 1.04 bits per heavy atom. The molecule has 25 heavy (non-hydrogen) atoms. The second-order valence-electron chi connectivity index (χ2n) is 5.64. The van der Waals surface area contributed by atoms with Crippen LogP contribution in [0.3, 0.4) is 0 Å². The first-order chi connectivity index (χ1) is 11.9. The zero-order valence-electron chi connectivity index (χ0n) is 14.7. The lowest BCUT2D eigenvalue weighted by Gasteiger charge is -2.12. The summed E-state index contributed by atoms with van der Waals surface area (Å²) in [6.07, 6.45) is 0. The number of rotatable bonds is 4. The summed E-state index contributed by atoms with van der Waals surface area (Å²) in [6.45, 7) is 0. The van der Waals surface area contributed by atoms with Crippen LogP contribution in [0.15, 0.2) is 47.5 Å². The Bertz CT molecular complexity index is 824. The fourth-order valence-electron chi connectivity index (χ4n) is 2.44. The minimum absolute atomic E-state index is 0.0525. The molecule has 6 nitrogen and oxygen atoms in total. The van der Waals surface area contributed by atoms with Gasteiger partial charge in [0.15, 0.2) is 5.71 Å².